The lowest BCUT2D eigenvalue weighted by molar-refractivity contribution is -0.115. The predicted molar refractivity (Wildman–Crippen MR) is 118 cm³/mol. The minimum Gasteiger partial charge on any atom is -0.343 e. The third-order valence-corrected chi connectivity index (χ3v) is 6.98. The average Bonchev–Trinajstić information content (AvgIpc) is 3.22. The van der Waals surface area contributed by atoms with Crippen molar-refractivity contribution in [1.82, 2.24) is 15.0 Å². The molecule has 1 aliphatic rings. The summed E-state index contributed by atoms with van der Waals surface area (Å²) in [5.74, 6) is -0.317. The molecule has 31 heavy (non-hydrogen) atoms. The Morgan fingerprint density at radius 3 is 2.71 bits per heavy atom. The molecule has 0 unspecified atom stereocenters. The summed E-state index contributed by atoms with van der Waals surface area (Å²) in [6.07, 6.45) is 6.59. The van der Waals surface area contributed by atoms with Crippen molar-refractivity contribution in [3.05, 3.63) is 90.0 Å². The molecule has 4 aromatic rings. The third-order valence-electron chi connectivity index (χ3n) is 5.26. The van der Waals surface area contributed by atoms with Gasteiger partial charge in [0.1, 0.15) is 5.52 Å². The maximum atomic E-state index is 13.0. The van der Waals surface area contributed by atoms with E-state index in [4.69, 9.17) is 0 Å². The summed E-state index contributed by atoms with van der Waals surface area (Å²) in [5, 5.41) is 2.84. The summed E-state index contributed by atoms with van der Waals surface area (Å²) in [7, 11) is -3.49. The first-order valence-electron chi connectivity index (χ1n) is 9.70. The van der Waals surface area contributed by atoms with Crippen molar-refractivity contribution in [3.8, 4) is 0 Å². The van der Waals surface area contributed by atoms with Crippen molar-refractivity contribution in [2.45, 2.75) is 17.1 Å². The summed E-state index contributed by atoms with van der Waals surface area (Å²) < 4.78 is 25.9. The molecular formula is C23H18N4O3S. The smallest absolute Gasteiger partial charge is 0.228 e. The number of H-pyrrole nitrogens is 1. The quantitative estimate of drug-likeness (QED) is 0.516. The molecule has 0 spiro atoms. The maximum Gasteiger partial charge on any atom is 0.228 e. The highest BCUT2D eigenvalue weighted by Gasteiger charge is 2.27. The van der Waals surface area contributed by atoms with Crippen molar-refractivity contribution in [2.24, 2.45) is 0 Å². The van der Waals surface area contributed by atoms with Gasteiger partial charge in [-0.1, -0.05) is 48.5 Å². The van der Waals surface area contributed by atoms with Crippen LogP contribution in [-0.4, -0.2) is 29.3 Å². The van der Waals surface area contributed by atoms with Crippen molar-refractivity contribution >= 4 is 38.0 Å². The Balaban J connectivity index is 1.53. The summed E-state index contributed by atoms with van der Waals surface area (Å²) >= 11 is 0. The number of rotatable bonds is 3. The molecule has 0 saturated carbocycles. The molecule has 3 heterocycles. The van der Waals surface area contributed by atoms with Gasteiger partial charge in [0.15, 0.2) is 9.84 Å². The largest absolute Gasteiger partial charge is 0.343 e. The number of anilines is 1. The molecule has 154 valence electrons. The van der Waals surface area contributed by atoms with Crippen LogP contribution in [0, 0.1) is 0 Å². The van der Waals surface area contributed by atoms with Crippen molar-refractivity contribution in [1.29, 1.82) is 0 Å². The number of nitrogens with one attached hydrogen (secondary N) is 2. The van der Waals surface area contributed by atoms with Gasteiger partial charge in [0.05, 0.1) is 40.6 Å². The number of carbonyl (C=O) groups is 1. The highest BCUT2D eigenvalue weighted by Crippen LogP contribution is 2.37. The highest BCUT2D eigenvalue weighted by atomic mass is 32.2. The molecule has 1 amide bonds. The molecule has 1 aliphatic heterocycles. The Hall–Kier alpha value is -3.78. The van der Waals surface area contributed by atoms with Crippen LogP contribution in [-0.2, 0) is 20.4 Å². The van der Waals surface area contributed by atoms with Crippen LogP contribution in [0.1, 0.15) is 23.1 Å². The Kier molecular flexibility index (Phi) is 4.63. The van der Waals surface area contributed by atoms with Gasteiger partial charge in [-0.3, -0.25) is 9.78 Å². The molecule has 0 bridgehead atoms. The summed E-state index contributed by atoms with van der Waals surface area (Å²) in [4.78, 5) is 24.3. The molecule has 5 rings (SSSR count). The second-order valence-corrected chi connectivity index (χ2v) is 9.23. The van der Waals surface area contributed by atoms with Crippen LogP contribution in [0.4, 0.5) is 5.69 Å². The van der Waals surface area contributed by atoms with Gasteiger partial charge in [0.25, 0.3) is 0 Å². The van der Waals surface area contributed by atoms with Crippen molar-refractivity contribution in [3.63, 3.8) is 0 Å². The van der Waals surface area contributed by atoms with Crippen LogP contribution < -0.4 is 5.32 Å². The summed E-state index contributed by atoms with van der Waals surface area (Å²) in [6, 6.07) is 14.3. The monoisotopic (exact) mass is 430 g/mol. The van der Waals surface area contributed by atoms with Gasteiger partial charge in [-0.15, -0.1) is 0 Å². The molecule has 2 N–H and O–H groups in total. The zero-order valence-corrected chi connectivity index (χ0v) is 17.2. The molecule has 8 heteroatoms. The number of aromatic nitrogens is 3. The first-order valence-corrected chi connectivity index (χ1v) is 11.4. The number of imidazole rings is 1. The molecule has 0 aliphatic carbocycles. The van der Waals surface area contributed by atoms with E-state index >= 15 is 0 Å². The number of aromatic amines is 1. The highest BCUT2D eigenvalue weighted by molar-refractivity contribution is 7.90. The average molecular weight is 430 g/mol. The van der Waals surface area contributed by atoms with Gasteiger partial charge in [-0.25, -0.2) is 13.4 Å². The van der Waals surface area contributed by atoms with Gasteiger partial charge in [0.2, 0.25) is 5.91 Å². The molecule has 7 nitrogen and oxygen atoms in total. The van der Waals surface area contributed by atoms with Gasteiger partial charge in [0, 0.05) is 12.0 Å². The van der Waals surface area contributed by atoms with Crippen LogP contribution in [0.15, 0.2) is 78.2 Å². The van der Waals surface area contributed by atoms with E-state index < -0.39 is 9.84 Å². The third kappa shape index (κ3) is 3.51. The second-order valence-electron chi connectivity index (χ2n) is 7.27. The number of benzene rings is 2. The minimum absolute atomic E-state index is 0.0683. The Labute approximate surface area is 178 Å². The molecular weight excluding hydrogens is 412 g/mol. The number of amides is 1. The Morgan fingerprint density at radius 2 is 1.84 bits per heavy atom. The topological polar surface area (TPSA) is 105 Å². The summed E-state index contributed by atoms with van der Waals surface area (Å²) in [5.41, 5.74) is 4.76. The van der Waals surface area contributed by atoms with Crippen molar-refractivity contribution in [2.75, 3.05) is 5.32 Å². The van der Waals surface area contributed by atoms with E-state index in [0.717, 1.165) is 22.2 Å². The Morgan fingerprint density at radius 1 is 1.06 bits per heavy atom. The van der Waals surface area contributed by atoms with Crippen LogP contribution in [0.5, 0.6) is 0 Å². The number of fused-ring (bicyclic) bond motifs is 3. The van der Waals surface area contributed by atoms with E-state index in [1.54, 1.807) is 49.1 Å². The first-order chi connectivity index (χ1) is 15.0. The van der Waals surface area contributed by atoms with E-state index in [2.05, 4.69) is 20.3 Å². The van der Waals surface area contributed by atoms with Crippen LogP contribution in [0.2, 0.25) is 0 Å². The lowest BCUT2D eigenvalue weighted by Gasteiger charge is -2.11. The van der Waals surface area contributed by atoms with E-state index in [1.165, 1.54) is 0 Å². The fourth-order valence-corrected chi connectivity index (χ4v) is 5.48. The maximum absolute atomic E-state index is 13.0. The first kappa shape index (κ1) is 19.2. The second kappa shape index (κ2) is 7.48. The SMILES string of the molecule is O=C(C/C=C1\c2ccccc2CS(=O)(=O)c2ccccc21)Nc1cncc2[nH]cnc12. The molecule has 2 aromatic carbocycles. The fraction of sp³-hybridized carbons (Fsp3) is 0.0870. The number of nitrogens with zero attached hydrogens (tertiary/aromatic N) is 2. The molecule has 0 saturated heterocycles. The molecule has 0 fully saturated rings. The number of hydrogen-bond acceptors (Lipinski definition) is 5. The van der Waals surface area contributed by atoms with E-state index in [9.17, 15) is 13.2 Å². The predicted octanol–water partition coefficient (Wildman–Crippen LogP) is 3.71. The number of carbonyl (C=O) groups excluding carboxylic acids is 1. The van der Waals surface area contributed by atoms with Gasteiger partial charge >= 0.3 is 0 Å². The van der Waals surface area contributed by atoms with E-state index in [0.29, 0.717) is 16.8 Å². The van der Waals surface area contributed by atoms with Crippen LogP contribution in [0.3, 0.4) is 0 Å². The number of hydrogen-bond donors (Lipinski definition) is 2. The number of sulfone groups is 1. The fourth-order valence-electron chi connectivity index (χ4n) is 3.87. The Bertz CT molecular complexity index is 1450. The van der Waals surface area contributed by atoms with Gasteiger partial charge in [-0.2, -0.15) is 0 Å². The lowest BCUT2D eigenvalue weighted by Crippen LogP contribution is -2.11. The zero-order chi connectivity index (χ0) is 21.4. The van der Waals surface area contributed by atoms with Crippen LogP contribution in [0.25, 0.3) is 16.6 Å². The molecule has 0 atom stereocenters. The van der Waals surface area contributed by atoms with Gasteiger partial charge < -0.3 is 10.3 Å². The van der Waals surface area contributed by atoms with E-state index in [-0.39, 0.29) is 23.0 Å². The van der Waals surface area contributed by atoms with E-state index in [1.807, 2.05) is 24.3 Å². The molecule has 2 aromatic heterocycles. The van der Waals surface area contributed by atoms with Gasteiger partial charge in [-0.05, 0) is 22.8 Å². The zero-order valence-electron chi connectivity index (χ0n) is 16.4. The minimum atomic E-state index is -3.49. The lowest BCUT2D eigenvalue weighted by atomic mass is 9.93. The van der Waals surface area contributed by atoms with Crippen molar-refractivity contribution < 1.29 is 13.2 Å². The normalized spacial score (nSPS) is 15.8. The molecule has 0 radical (unpaired) electrons. The van der Waals surface area contributed by atoms with Crippen LogP contribution >= 0.6 is 0 Å². The standard InChI is InChI=1S/C23H18N4O3S/c28-22(27-20-12-24-11-19-23(20)26-14-25-19)10-9-17-16-6-2-1-5-15(16)13-31(29,30)21-8-4-3-7-18(17)21/h1-9,11-12,14H,10,13H2,(H,25,26)(H,27,28)/b17-9+. The number of pyridine rings is 1. The summed E-state index contributed by atoms with van der Waals surface area (Å²) in [6.45, 7) is 0.